The predicted octanol–water partition coefficient (Wildman–Crippen LogP) is 2.97. The third-order valence-electron chi connectivity index (χ3n) is 5.81. The second kappa shape index (κ2) is 9.00. The number of hydrogen-bond acceptors (Lipinski definition) is 8. The number of carbonyl (C=O) groups excluding carboxylic acids is 2. The Labute approximate surface area is 193 Å². The van der Waals surface area contributed by atoms with E-state index in [1.807, 2.05) is 11.0 Å². The highest BCUT2D eigenvalue weighted by Gasteiger charge is 2.35. The smallest absolute Gasteiger partial charge is 0.273 e. The van der Waals surface area contributed by atoms with Gasteiger partial charge in [-0.2, -0.15) is 5.10 Å². The fourth-order valence-electron chi connectivity index (χ4n) is 4.14. The van der Waals surface area contributed by atoms with Crippen LogP contribution < -0.4 is 4.90 Å². The Hall–Kier alpha value is -2.76. The average molecular weight is 471 g/mol. The molecule has 2 aliphatic heterocycles. The second-order valence-electron chi connectivity index (χ2n) is 7.72. The van der Waals surface area contributed by atoms with Gasteiger partial charge in [0.15, 0.2) is 10.3 Å². The Balaban J connectivity index is 1.30. The highest BCUT2D eigenvalue weighted by molar-refractivity contribution is 8.19. The van der Waals surface area contributed by atoms with Gasteiger partial charge in [-0.15, -0.1) is 11.3 Å². The molecule has 166 valence electrons. The van der Waals surface area contributed by atoms with Gasteiger partial charge in [-0.05, 0) is 37.1 Å². The van der Waals surface area contributed by atoms with E-state index in [-0.39, 0.29) is 22.9 Å². The highest BCUT2D eigenvalue weighted by atomic mass is 32.2. The van der Waals surface area contributed by atoms with Crippen LogP contribution in [0.4, 0.5) is 5.13 Å². The molecule has 0 saturated carbocycles. The van der Waals surface area contributed by atoms with Gasteiger partial charge in [-0.1, -0.05) is 6.08 Å². The van der Waals surface area contributed by atoms with Gasteiger partial charge < -0.3 is 9.64 Å². The summed E-state index contributed by atoms with van der Waals surface area (Å²) in [5, 5.41) is 17.9. The summed E-state index contributed by atoms with van der Waals surface area (Å²) in [6, 6.07) is 0. The molecular formula is C21H22N6O3S2. The van der Waals surface area contributed by atoms with Crippen molar-refractivity contribution in [2.24, 2.45) is 0 Å². The van der Waals surface area contributed by atoms with E-state index in [2.05, 4.69) is 15.2 Å². The standard InChI is InChI=1S/C21H22N6O3S2/c22-20-27(21-23-5-10-31-21)19(29)16(32-20)11-15-12-24-25-17(15)13-1-3-14(4-2-13)18(28)26-6-8-30-9-7-26/h3,5,10-13,22H,1-2,4,6-9H2,(H,24,25)/b16-11-,22-20?. The number of carbonyl (C=O) groups is 2. The van der Waals surface area contributed by atoms with E-state index in [1.165, 1.54) is 16.2 Å². The number of hydrogen-bond donors (Lipinski definition) is 2. The number of nitrogens with zero attached hydrogens (tertiary/aromatic N) is 4. The summed E-state index contributed by atoms with van der Waals surface area (Å²) in [6.45, 7) is 2.50. The van der Waals surface area contributed by atoms with Crippen molar-refractivity contribution in [3.63, 3.8) is 0 Å². The van der Waals surface area contributed by atoms with Crippen LogP contribution in [0.5, 0.6) is 0 Å². The molecule has 1 unspecified atom stereocenters. The van der Waals surface area contributed by atoms with Gasteiger partial charge in [0.2, 0.25) is 5.91 Å². The number of thioether (sulfide) groups is 1. The third-order valence-corrected chi connectivity index (χ3v) is 7.46. The lowest BCUT2D eigenvalue weighted by molar-refractivity contribution is -0.131. The van der Waals surface area contributed by atoms with Gasteiger partial charge in [-0.25, -0.2) is 9.88 Å². The van der Waals surface area contributed by atoms with Crippen LogP contribution in [0.2, 0.25) is 0 Å². The minimum atomic E-state index is -0.246. The van der Waals surface area contributed by atoms with Gasteiger partial charge in [-0.3, -0.25) is 20.1 Å². The van der Waals surface area contributed by atoms with E-state index < -0.39 is 0 Å². The minimum absolute atomic E-state index is 0.118. The number of morpholine rings is 1. The number of amidine groups is 1. The van der Waals surface area contributed by atoms with Crippen molar-refractivity contribution in [3.05, 3.63) is 45.6 Å². The number of thiazole rings is 1. The lowest BCUT2D eigenvalue weighted by Crippen LogP contribution is -2.41. The van der Waals surface area contributed by atoms with Crippen molar-refractivity contribution in [1.82, 2.24) is 20.1 Å². The molecule has 5 rings (SSSR count). The summed E-state index contributed by atoms with van der Waals surface area (Å²) in [4.78, 5) is 33.4. The van der Waals surface area contributed by atoms with Crippen molar-refractivity contribution in [2.75, 3.05) is 31.2 Å². The van der Waals surface area contributed by atoms with E-state index in [9.17, 15) is 9.59 Å². The monoisotopic (exact) mass is 470 g/mol. The van der Waals surface area contributed by atoms with Crippen LogP contribution in [0.25, 0.3) is 6.08 Å². The molecule has 32 heavy (non-hydrogen) atoms. The lowest BCUT2D eigenvalue weighted by atomic mass is 9.85. The van der Waals surface area contributed by atoms with Crippen molar-refractivity contribution in [2.45, 2.75) is 25.2 Å². The number of rotatable bonds is 4. The van der Waals surface area contributed by atoms with Crippen molar-refractivity contribution >= 4 is 51.3 Å². The molecule has 3 aliphatic rings. The number of anilines is 1. The maximum absolute atomic E-state index is 12.9. The molecule has 4 heterocycles. The first kappa shape index (κ1) is 21.1. The number of ether oxygens (including phenoxy) is 1. The van der Waals surface area contributed by atoms with E-state index in [0.29, 0.717) is 42.8 Å². The Morgan fingerprint density at radius 1 is 1.34 bits per heavy atom. The number of amides is 2. The molecule has 11 heteroatoms. The van der Waals surface area contributed by atoms with Gasteiger partial charge in [0.25, 0.3) is 5.91 Å². The molecule has 2 amide bonds. The molecule has 2 aromatic heterocycles. The molecule has 9 nitrogen and oxygen atoms in total. The SMILES string of the molecule is N=C1S/C(=C\c2cn[nH]c2C2CC=C(C(=O)N3CCOCC3)CC2)C(=O)N1c1nccs1. The van der Waals surface area contributed by atoms with Gasteiger partial charge in [0.05, 0.1) is 24.3 Å². The first-order chi connectivity index (χ1) is 15.6. The first-order valence-corrected chi connectivity index (χ1v) is 12.1. The Morgan fingerprint density at radius 3 is 2.91 bits per heavy atom. The maximum atomic E-state index is 12.9. The number of H-pyrrole nitrogens is 1. The highest BCUT2D eigenvalue weighted by Crippen LogP contribution is 2.38. The Kier molecular flexibility index (Phi) is 5.94. The lowest BCUT2D eigenvalue weighted by Gasteiger charge is -2.29. The average Bonchev–Trinajstić information content (AvgIpc) is 3.56. The van der Waals surface area contributed by atoms with Gasteiger partial charge >= 0.3 is 0 Å². The van der Waals surface area contributed by atoms with Gasteiger partial charge in [0.1, 0.15) is 0 Å². The largest absolute Gasteiger partial charge is 0.378 e. The molecule has 2 saturated heterocycles. The molecule has 1 atom stereocenters. The fraction of sp³-hybridized carbons (Fsp3) is 0.381. The summed E-state index contributed by atoms with van der Waals surface area (Å²) in [7, 11) is 0. The molecule has 1 aliphatic carbocycles. The number of nitrogens with one attached hydrogen (secondary N) is 2. The van der Waals surface area contributed by atoms with E-state index in [0.717, 1.165) is 41.4 Å². The third kappa shape index (κ3) is 4.03. The zero-order valence-electron chi connectivity index (χ0n) is 17.2. The van der Waals surface area contributed by atoms with Crippen LogP contribution in [-0.4, -0.2) is 63.4 Å². The molecule has 0 aromatic carbocycles. The second-order valence-corrected chi connectivity index (χ2v) is 9.62. The minimum Gasteiger partial charge on any atom is -0.378 e. The summed E-state index contributed by atoms with van der Waals surface area (Å²) in [6.07, 6.45) is 9.46. The summed E-state index contributed by atoms with van der Waals surface area (Å²) in [5.41, 5.74) is 2.67. The van der Waals surface area contributed by atoms with Crippen LogP contribution >= 0.6 is 23.1 Å². The molecular weight excluding hydrogens is 448 g/mol. The number of aromatic nitrogens is 3. The zero-order valence-corrected chi connectivity index (χ0v) is 18.9. The van der Waals surface area contributed by atoms with Gasteiger partial charge in [0, 0.05) is 47.4 Å². The van der Waals surface area contributed by atoms with Crippen molar-refractivity contribution < 1.29 is 14.3 Å². The van der Waals surface area contributed by atoms with Crippen molar-refractivity contribution in [1.29, 1.82) is 5.41 Å². The maximum Gasteiger partial charge on any atom is 0.273 e. The van der Waals surface area contributed by atoms with E-state index >= 15 is 0 Å². The topological polar surface area (TPSA) is 115 Å². The molecule has 2 N–H and O–H groups in total. The van der Waals surface area contributed by atoms with E-state index in [1.54, 1.807) is 23.8 Å². The molecule has 0 spiro atoms. The van der Waals surface area contributed by atoms with Crippen molar-refractivity contribution in [3.8, 4) is 0 Å². The first-order valence-electron chi connectivity index (χ1n) is 10.4. The fourth-order valence-corrected chi connectivity index (χ4v) is 5.67. The summed E-state index contributed by atoms with van der Waals surface area (Å²) >= 11 is 2.45. The molecule has 0 radical (unpaired) electrons. The zero-order chi connectivity index (χ0) is 22.1. The number of allylic oxidation sites excluding steroid dienone is 1. The quantitative estimate of drug-likeness (QED) is 0.664. The predicted molar refractivity (Wildman–Crippen MR) is 124 cm³/mol. The molecule has 0 bridgehead atoms. The van der Waals surface area contributed by atoms with Crippen LogP contribution in [-0.2, 0) is 14.3 Å². The number of aromatic amines is 1. The van der Waals surface area contributed by atoms with Crippen LogP contribution in [0.1, 0.15) is 36.4 Å². The Morgan fingerprint density at radius 2 is 2.19 bits per heavy atom. The van der Waals surface area contributed by atoms with E-state index in [4.69, 9.17) is 10.1 Å². The Bertz CT molecular complexity index is 1100. The molecule has 2 aromatic rings. The van der Waals surface area contributed by atoms with Crippen LogP contribution in [0, 0.1) is 5.41 Å². The normalized spacial score (nSPS) is 23.2. The molecule has 2 fully saturated rings. The van der Waals surface area contributed by atoms with Crippen LogP contribution in [0.15, 0.2) is 34.3 Å². The summed E-state index contributed by atoms with van der Waals surface area (Å²) in [5.74, 6) is 0.0677. The summed E-state index contributed by atoms with van der Waals surface area (Å²) < 4.78 is 5.34. The van der Waals surface area contributed by atoms with Crippen LogP contribution in [0.3, 0.4) is 0 Å².